The van der Waals surface area contributed by atoms with E-state index in [0.29, 0.717) is 6.42 Å². The molecule has 0 spiro atoms. The topological polar surface area (TPSA) is 113 Å². The standard InChI is InChI=1S/C10H19N3O4/c1-4-6(2)8(9(15)16)12-10(17)13(3)5-7(11)14/h6,8H,4-5H2,1-3H3,(H2,11,14)(H,12,17)(H,15,16)/t6?,8-/m0/s1. The van der Waals surface area contributed by atoms with Crippen LogP contribution in [0.4, 0.5) is 4.79 Å². The normalized spacial score (nSPS) is 13.6. The van der Waals surface area contributed by atoms with E-state index in [4.69, 9.17) is 10.8 Å². The van der Waals surface area contributed by atoms with Gasteiger partial charge in [-0.2, -0.15) is 0 Å². The number of carboxylic acid groups (broad SMARTS) is 1. The van der Waals surface area contributed by atoms with Gasteiger partial charge < -0.3 is 21.1 Å². The average molecular weight is 245 g/mol. The lowest BCUT2D eigenvalue weighted by atomic mass is 9.99. The number of carbonyl (C=O) groups is 3. The van der Waals surface area contributed by atoms with Crippen LogP contribution in [0.15, 0.2) is 0 Å². The Morgan fingerprint density at radius 1 is 1.41 bits per heavy atom. The zero-order valence-corrected chi connectivity index (χ0v) is 10.3. The summed E-state index contributed by atoms with van der Waals surface area (Å²) in [6.07, 6.45) is 0.622. The van der Waals surface area contributed by atoms with Crippen LogP contribution < -0.4 is 11.1 Å². The highest BCUT2D eigenvalue weighted by Crippen LogP contribution is 2.08. The summed E-state index contributed by atoms with van der Waals surface area (Å²) in [5.41, 5.74) is 4.93. The number of urea groups is 1. The molecule has 1 unspecified atom stereocenters. The van der Waals surface area contributed by atoms with Crippen molar-refractivity contribution in [1.82, 2.24) is 10.2 Å². The molecule has 0 fully saturated rings. The highest BCUT2D eigenvalue weighted by molar-refractivity contribution is 5.86. The number of likely N-dealkylation sites (N-methyl/N-ethyl adjacent to an activating group) is 1. The predicted molar refractivity (Wildman–Crippen MR) is 61.2 cm³/mol. The summed E-state index contributed by atoms with van der Waals surface area (Å²) in [5.74, 6) is -1.95. The van der Waals surface area contributed by atoms with Gasteiger partial charge in [0, 0.05) is 7.05 Å². The first-order chi connectivity index (χ1) is 7.79. The van der Waals surface area contributed by atoms with E-state index in [1.807, 2.05) is 6.92 Å². The van der Waals surface area contributed by atoms with Gasteiger partial charge in [0.1, 0.15) is 12.6 Å². The maximum Gasteiger partial charge on any atom is 0.326 e. The zero-order chi connectivity index (χ0) is 13.6. The summed E-state index contributed by atoms with van der Waals surface area (Å²) in [6.45, 7) is 3.31. The molecule has 0 aliphatic heterocycles. The number of nitrogens with one attached hydrogen (secondary N) is 1. The number of primary amides is 1. The minimum atomic E-state index is -1.10. The Morgan fingerprint density at radius 2 is 1.94 bits per heavy atom. The molecular weight excluding hydrogens is 226 g/mol. The van der Waals surface area contributed by atoms with Crippen LogP contribution >= 0.6 is 0 Å². The van der Waals surface area contributed by atoms with Crippen LogP contribution in [-0.2, 0) is 9.59 Å². The number of amides is 3. The number of hydrogen-bond acceptors (Lipinski definition) is 3. The molecule has 0 saturated carbocycles. The van der Waals surface area contributed by atoms with E-state index in [0.717, 1.165) is 4.90 Å². The monoisotopic (exact) mass is 245 g/mol. The fraction of sp³-hybridized carbons (Fsp3) is 0.700. The quantitative estimate of drug-likeness (QED) is 0.591. The van der Waals surface area contributed by atoms with Crippen molar-refractivity contribution in [2.75, 3.05) is 13.6 Å². The van der Waals surface area contributed by atoms with Gasteiger partial charge in [-0.15, -0.1) is 0 Å². The number of carbonyl (C=O) groups excluding carboxylic acids is 2. The van der Waals surface area contributed by atoms with Crippen LogP contribution in [0.25, 0.3) is 0 Å². The van der Waals surface area contributed by atoms with Crippen molar-refractivity contribution in [2.24, 2.45) is 11.7 Å². The molecular formula is C10H19N3O4. The van der Waals surface area contributed by atoms with Crippen molar-refractivity contribution in [1.29, 1.82) is 0 Å². The van der Waals surface area contributed by atoms with Crippen LogP contribution in [-0.4, -0.2) is 47.5 Å². The molecule has 0 radical (unpaired) electrons. The first kappa shape index (κ1) is 15.2. The summed E-state index contributed by atoms with van der Waals surface area (Å²) in [7, 11) is 1.37. The molecule has 0 aromatic heterocycles. The Balaban J connectivity index is 4.50. The lowest BCUT2D eigenvalue weighted by Gasteiger charge is -2.23. The van der Waals surface area contributed by atoms with Gasteiger partial charge in [0.15, 0.2) is 0 Å². The second-order valence-corrected chi connectivity index (χ2v) is 3.97. The molecule has 0 bridgehead atoms. The second kappa shape index (κ2) is 6.72. The first-order valence-electron chi connectivity index (χ1n) is 5.32. The molecule has 0 aliphatic carbocycles. The Hall–Kier alpha value is -1.79. The number of aliphatic carboxylic acids is 1. The smallest absolute Gasteiger partial charge is 0.326 e. The van der Waals surface area contributed by atoms with Crippen molar-refractivity contribution < 1.29 is 19.5 Å². The van der Waals surface area contributed by atoms with Gasteiger partial charge >= 0.3 is 12.0 Å². The van der Waals surface area contributed by atoms with Gasteiger partial charge in [-0.05, 0) is 5.92 Å². The lowest BCUT2D eigenvalue weighted by Crippen LogP contribution is -2.50. The fourth-order valence-corrected chi connectivity index (χ4v) is 1.23. The van der Waals surface area contributed by atoms with E-state index in [-0.39, 0.29) is 12.5 Å². The molecule has 7 nitrogen and oxygen atoms in total. The van der Waals surface area contributed by atoms with Gasteiger partial charge in [-0.1, -0.05) is 20.3 Å². The van der Waals surface area contributed by atoms with Gasteiger partial charge in [-0.3, -0.25) is 4.79 Å². The van der Waals surface area contributed by atoms with Crippen LogP contribution in [0.5, 0.6) is 0 Å². The van der Waals surface area contributed by atoms with E-state index >= 15 is 0 Å². The van der Waals surface area contributed by atoms with Crippen molar-refractivity contribution in [3.63, 3.8) is 0 Å². The van der Waals surface area contributed by atoms with E-state index in [2.05, 4.69) is 5.32 Å². The molecule has 0 rings (SSSR count). The van der Waals surface area contributed by atoms with Crippen LogP contribution in [0.1, 0.15) is 20.3 Å². The summed E-state index contributed by atoms with van der Waals surface area (Å²) >= 11 is 0. The van der Waals surface area contributed by atoms with Crippen LogP contribution in [0.2, 0.25) is 0 Å². The number of carboxylic acids is 1. The van der Waals surface area contributed by atoms with Gasteiger partial charge in [-0.25, -0.2) is 9.59 Å². The third-order valence-corrected chi connectivity index (χ3v) is 2.50. The summed E-state index contributed by atoms with van der Waals surface area (Å²) in [6, 6.07) is -1.60. The van der Waals surface area contributed by atoms with Gasteiger partial charge in [0.2, 0.25) is 5.91 Å². The third-order valence-electron chi connectivity index (χ3n) is 2.50. The van der Waals surface area contributed by atoms with Gasteiger partial charge in [0.25, 0.3) is 0 Å². The zero-order valence-electron chi connectivity index (χ0n) is 10.3. The third kappa shape index (κ3) is 5.19. The molecule has 0 aromatic rings. The highest BCUT2D eigenvalue weighted by Gasteiger charge is 2.26. The molecule has 98 valence electrons. The molecule has 17 heavy (non-hydrogen) atoms. The maximum absolute atomic E-state index is 11.6. The van der Waals surface area contributed by atoms with Crippen molar-refractivity contribution >= 4 is 17.9 Å². The summed E-state index contributed by atoms with van der Waals surface area (Å²) < 4.78 is 0. The summed E-state index contributed by atoms with van der Waals surface area (Å²) in [5, 5.41) is 11.3. The minimum Gasteiger partial charge on any atom is -0.480 e. The maximum atomic E-state index is 11.6. The number of hydrogen-bond donors (Lipinski definition) is 3. The van der Waals surface area contributed by atoms with Crippen LogP contribution in [0.3, 0.4) is 0 Å². The summed E-state index contributed by atoms with van der Waals surface area (Å²) in [4.78, 5) is 34.2. The SMILES string of the molecule is CCC(C)[C@H](NC(=O)N(C)CC(N)=O)C(=O)O. The second-order valence-electron chi connectivity index (χ2n) is 3.97. The first-order valence-corrected chi connectivity index (χ1v) is 5.32. The largest absolute Gasteiger partial charge is 0.480 e. The van der Waals surface area contributed by atoms with Gasteiger partial charge in [0.05, 0.1) is 0 Å². The fourth-order valence-electron chi connectivity index (χ4n) is 1.23. The lowest BCUT2D eigenvalue weighted by molar-refractivity contribution is -0.140. The Morgan fingerprint density at radius 3 is 2.29 bits per heavy atom. The predicted octanol–water partition coefficient (Wildman–Crippen LogP) is -0.388. The van der Waals surface area contributed by atoms with E-state index in [9.17, 15) is 14.4 Å². The average Bonchev–Trinajstić information content (AvgIpc) is 2.22. The van der Waals surface area contributed by atoms with Crippen molar-refractivity contribution in [3.8, 4) is 0 Å². The van der Waals surface area contributed by atoms with E-state index < -0.39 is 23.9 Å². The Labute approximate surface area is 100.0 Å². The molecule has 7 heteroatoms. The number of nitrogens with two attached hydrogens (primary N) is 1. The minimum absolute atomic E-state index is 0.196. The van der Waals surface area contributed by atoms with Crippen molar-refractivity contribution in [3.05, 3.63) is 0 Å². The Kier molecular flexibility index (Phi) is 6.01. The molecule has 4 N–H and O–H groups in total. The number of nitrogens with zero attached hydrogens (tertiary/aromatic N) is 1. The highest BCUT2D eigenvalue weighted by atomic mass is 16.4. The van der Waals surface area contributed by atoms with Crippen LogP contribution in [0, 0.1) is 5.92 Å². The van der Waals surface area contributed by atoms with E-state index in [1.54, 1.807) is 6.92 Å². The molecule has 0 saturated heterocycles. The van der Waals surface area contributed by atoms with Crippen molar-refractivity contribution in [2.45, 2.75) is 26.3 Å². The van der Waals surface area contributed by atoms with E-state index in [1.165, 1.54) is 7.05 Å². The number of rotatable bonds is 6. The molecule has 0 aliphatic rings. The molecule has 3 amide bonds. The Bertz CT molecular complexity index is 306. The molecule has 0 aromatic carbocycles. The molecule has 0 heterocycles. The molecule has 2 atom stereocenters.